The number of nitrogens with one attached hydrogen (secondary N) is 4. The van der Waals surface area contributed by atoms with Crippen LogP contribution in [0.3, 0.4) is 0 Å². The third-order valence-electron chi connectivity index (χ3n) is 15.6. The highest BCUT2D eigenvalue weighted by Crippen LogP contribution is 2.37. The van der Waals surface area contributed by atoms with Gasteiger partial charge < -0.3 is 35.8 Å². The molecule has 0 spiro atoms. The summed E-state index contributed by atoms with van der Waals surface area (Å²) in [6.07, 6.45) is 19.8. The van der Waals surface area contributed by atoms with E-state index in [0.29, 0.717) is 13.0 Å². The Bertz CT molecular complexity index is 2320. The number of amides is 4. The van der Waals surface area contributed by atoms with Crippen LogP contribution in [0.2, 0.25) is 10.0 Å². The molecule has 0 heterocycles. The summed E-state index contributed by atoms with van der Waals surface area (Å²) in [4.78, 5) is 54.4. The highest BCUT2D eigenvalue weighted by molar-refractivity contribution is 6.30. The summed E-state index contributed by atoms with van der Waals surface area (Å²) in [5, 5.41) is 14.0. The molecule has 396 valence electrons. The van der Waals surface area contributed by atoms with E-state index in [1.165, 1.54) is 43.2 Å². The van der Waals surface area contributed by atoms with Crippen LogP contribution >= 0.6 is 23.2 Å². The van der Waals surface area contributed by atoms with Gasteiger partial charge in [0.2, 0.25) is 23.6 Å². The normalized spacial score (nSPS) is 21.4. The number of carbonyl (C=O) groups excluding carboxylic acids is 4. The van der Waals surface area contributed by atoms with Gasteiger partial charge in [0.15, 0.2) is 0 Å². The van der Waals surface area contributed by atoms with E-state index in [4.69, 9.17) is 27.9 Å². The van der Waals surface area contributed by atoms with Gasteiger partial charge in [-0.15, -0.1) is 0 Å². The molecule has 13 heteroatoms. The average Bonchev–Trinajstić information content (AvgIpc) is 3.36. The molecule has 3 aliphatic carbocycles. The first-order valence-corrected chi connectivity index (χ1v) is 27.7. The first-order chi connectivity index (χ1) is 35.2. The van der Waals surface area contributed by atoms with Crippen LogP contribution in [0.4, 0.5) is 0 Å². The quantitative estimate of drug-likeness (QED) is 0.0693. The molecule has 4 N–H and O–H groups in total. The van der Waals surface area contributed by atoms with Crippen LogP contribution in [0.25, 0.3) is 0 Å². The number of hydrogen-bond donors (Lipinski definition) is 4. The molecule has 4 amide bonds. The number of ether oxygens (including phenoxy) is 1. The lowest BCUT2D eigenvalue weighted by molar-refractivity contribution is -0.127. The maximum Gasteiger partial charge on any atom is 0.220 e. The Morgan fingerprint density at radius 2 is 0.904 bits per heavy atom. The molecule has 73 heavy (non-hydrogen) atoms. The third-order valence-corrected chi connectivity index (χ3v) is 16.0. The summed E-state index contributed by atoms with van der Waals surface area (Å²) < 4.78 is 5.82. The molecule has 0 saturated heterocycles. The van der Waals surface area contributed by atoms with Gasteiger partial charge in [-0.25, -0.2) is 0 Å². The highest BCUT2D eigenvalue weighted by Gasteiger charge is 2.39. The Labute approximate surface area is 446 Å². The zero-order valence-corrected chi connectivity index (χ0v) is 45.5. The number of benzene rings is 4. The molecular weight excluding hydrogens is 956 g/mol. The number of nitrogens with zero attached hydrogens (tertiary/aromatic N) is 2. The van der Waals surface area contributed by atoms with Gasteiger partial charge in [-0.2, -0.15) is 0 Å². The number of para-hydroxylation sites is 1. The van der Waals surface area contributed by atoms with Crippen LogP contribution in [0.5, 0.6) is 11.5 Å². The number of likely N-dealkylation sites (N-methyl/N-ethyl adjacent to an activating group) is 2. The molecule has 0 atom stereocenters. The monoisotopic (exact) mass is 1040 g/mol. The van der Waals surface area contributed by atoms with Crippen molar-refractivity contribution < 1.29 is 23.9 Å². The SMILES string of the molecule is CN(C)C1(Cc2cccc(Cl)c2)CCC(NC(=O)CCC(=O)NC2CCCCCCC2)CC1.CN(C)C1(Cc2cccc(Cl)c2)CCC(NC(=O)CCC(=O)NCCc2ccc(Oc3ccccc3)cc2)CC1. The van der Waals surface area contributed by atoms with E-state index in [9.17, 15) is 19.2 Å². The van der Waals surface area contributed by atoms with Crippen molar-refractivity contribution in [2.24, 2.45) is 0 Å². The lowest BCUT2D eigenvalue weighted by Gasteiger charge is -2.45. The van der Waals surface area contributed by atoms with Crippen molar-refractivity contribution in [2.45, 2.75) is 170 Å². The molecule has 0 unspecified atom stereocenters. The number of hydrogen-bond acceptors (Lipinski definition) is 7. The maximum absolute atomic E-state index is 12.6. The highest BCUT2D eigenvalue weighted by atomic mass is 35.5. The van der Waals surface area contributed by atoms with Crippen molar-refractivity contribution >= 4 is 46.8 Å². The van der Waals surface area contributed by atoms with Crippen LogP contribution in [0.15, 0.2) is 103 Å². The molecule has 3 fully saturated rings. The van der Waals surface area contributed by atoms with Crippen molar-refractivity contribution in [3.8, 4) is 11.5 Å². The number of rotatable bonds is 20. The Morgan fingerprint density at radius 3 is 1.34 bits per heavy atom. The fraction of sp³-hybridized carbons (Fsp3) is 0.533. The smallest absolute Gasteiger partial charge is 0.220 e. The summed E-state index contributed by atoms with van der Waals surface area (Å²) in [6, 6.07) is 34.4. The van der Waals surface area contributed by atoms with E-state index in [1.54, 1.807) is 0 Å². The summed E-state index contributed by atoms with van der Waals surface area (Å²) in [6.45, 7) is 0.529. The molecule has 7 rings (SSSR count). The molecule has 3 aliphatic rings. The first-order valence-electron chi connectivity index (χ1n) is 27.0. The Morgan fingerprint density at radius 1 is 0.493 bits per heavy atom. The van der Waals surface area contributed by atoms with Gasteiger partial charge in [-0.1, -0.05) is 110 Å². The van der Waals surface area contributed by atoms with Gasteiger partial charge in [0.25, 0.3) is 0 Å². The zero-order chi connectivity index (χ0) is 52.1. The third kappa shape index (κ3) is 19.4. The minimum atomic E-state index is -0.101. The molecule has 0 aromatic heterocycles. The molecule has 0 aliphatic heterocycles. The fourth-order valence-corrected chi connectivity index (χ4v) is 11.4. The van der Waals surface area contributed by atoms with Crippen molar-refractivity contribution in [1.29, 1.82) is 0 Å². The van der Waals surface area contributed by atoms with Gasteiger partial charge in [0, 0.05) is 71.5 Å². The molecule has 4 aromatic carbocycles. The molecular formula is C60H82Cl2N6O5. The van der Waals surface area contributed by atoms with E-state index in [0.717, 1.165) is 104 Å². The molecule has 4 aromatic rings. The average molecular weight is 1040 g/mol. The van der Waals surface area contributed by atoms with Gasteiger partial charge in [-0.3, -0.25) is 19.2 Å². The predicted octanol–water partition coefficient (Wildman–Crippen LogP) is 11.4. The molecule has 3 saturated carbocycles. The van der Waals surface area contributed by atoms with E-state index in [1.807, 2.05) is 84.9 Å². The van der Waals surface area contributed by atoms with Crippen molar-refractivity contribution in [2.75, 3.05) is 34.7 Å². The second-order valence-electron chi connectivity index (χ2n) is 21.3. The van der Waals surface area contributed by atoms with Crippen molar-refractivity contribution in [3.63, 3.8) is 0 Å². The number of halogens is 2. The molecule has 0 bridgehead atoms. The second kappa shape index (κ2) is 29.2. The lowest BCUT2D eigenvalue weighted by Crippen LogP contribution is -2.52. The van der Waals surface area contributed by atoms with Gasteiger partial charge in [-0.05, 0) is 177 Å². The van der Waals surface area contributed by atoms with E-state index in [-0.39, 0.29) is 78.5 Å². The van der Waals surface area contributed by atoms with Crippen molar-refractivity contribution in [3.05, 3.63) is 130 Å². The van der Waals surface area contributed by atoms with E-state index < -0.39 is 0 Å². The molecule has 0 radical (unpaired) electrons. The van der Waals surface area contributed by atoms with Gasteiger partial charge in [0.05, 0.1) is 0 Å². The Balaban J connectivity index is 0.000000243. The Hall–Kier alpha value is -4.94. The lowest BCUT2D eigenvalue weighted by atomic mass is 9.75. The van der Waals surface area contributed by atoms with E-state index in [2.05, 4.69) is 77.5 Å². The minimum absolute atomic E-state index is 0.00000985. The summed E-state index contributed by atoms with van der Waals surface area (Å²) in [5.74, 6) is 1.44. The van der Waals surface area contributed by atoms with Crippen LogP contribution < -0.4 is 26.0 Å². The van der Waals surface area contributed by atoms with Gasteiger partial charge in [0.1, 0.15) is 11.5 Å². The minimum Gasteiger partial charge on any atom is -0.457 e. The fourth-order valence-electron chi connectivity index (χ4n) is 11.0. The van der Waals surface area contributed by atoms with Crippen LogP contribution in [0, 0.1) is 0 Å². The number of carbonyl (C=O) groups is 4. The zero-order valence-electron chi connectivity index (χ0n) is 44.0. The summed E-state index contributed by atoms with van der Waals surface area (Å²) >= 11 is 12.4. The largest absolute Gasteiger partial charge is 0.457 e. The maximum atomic E-state index is 12.6. The molecule has 11 nitrogen and oxygen atoms in total. The van der Waals surface area contributed by atoms with Crippen LogP contribution in [0.1, 0.15) is 139 Å². The van der Waals surface area contributed by atoms with Crippen molar-refractivity contribution in [1.82, 2.24) is 31.1 Å². The second-order valence-corrected chi connectivity index (χ2v) is 22.2. The van der Waals surface area contributed by atoms with Crippen LogP contribution in [-0.2, 0) is 38.4 Å². The van der Waals surface area contributed by atoms with E-state index >= 15 is 0 Å². The van der Waals surface area contributed by atoms with Crippen LogP contribution in [-0.4, -0.2) is 97.4 Å². The first kappa shape index (κ1) is 57.3. The van der Waals surface area contributed by atoms with Gasteiger partial charge >= 0.3 is 0 Å². The Kier molecular flexibility index (Phi) is 23.0. The standard InChI is InChI=1S/C33H40ClN3O3.C27H42ClN3O2/c1-37(2)33(24-26-7-6-8-27(34)23-26)20-17-28(18-21-33)36-32(39)16-15-31(38)35-22-19-25-11-13-30(14-12-25)40-29-9-4-3-5-10-29;1-31(2)27(20-21-9-8-10-22(28)19-21)17-15-24(16-18-27)30-26(33)14-13-25(32)29-23-11-6-4-3-5-7-12-23/h3-14,23,28H,15-22,24H2,1-2H3,(H,35,38)(H,36,39);8-10,19,23-24H,3-7,11-18,20H2,1-2H3,(H,29,32)(H,30,33). The predicted molar refractivity (Wildman–Crippen MR) is 296 cm³/mol. The summed E-state index contributed by atoms with van der Waals surface area (Å²) in [7, 11) is 8.57. The summed E-state index contributed by atoms with van der Waals surface area (Å²) in [5.41, 5.74) is 3.75. The topological polar surface area (TPSA) is 132 Å².